The molecule has 14 atom stereocenters. The summed E-state index contributed by atoms with van der Waals surface area (Å²) in [6.07, 6.45) is -9.48. The minimum absolute atomic E-state index is 0.0176. The van der Waals surface area contributed by atoms with Gasteiger partial charge in [-0.05, 0) is 33.2 Å². The Hall–Kier alpha value is -1.13. The molecule has 0 radical (unpaired) electrons. The van der Waals surface area contributed by atoms with Gasteiger partial charge in [0, 0.05) is 32.1 Å². The van der Waals surface area contributed by atoms with Crippen LogP contribution in [0.5, 0.6) is 0 Å². The lowest BCUT2D eigenvalue weighted by Crippen LogP contribution is -2.69. The summed E-state index contributed by atoms with van der Waals surface area (Å²) >= 11 is 0. The first-order chi connectivity index (χ1) is 20.3. The number of rotatable bonds is 14. The van der Waals surface area contributed by atoms with Crippen LogP contribution in [-0.2, 0) is 23.7 Å². The number of ether oxygens (including phenoxy) is 4. The number of nitrogens with two attached hydrogens (primary N) is 3. The minimum atomic E-state index is -1.60. The van der Waals surface area contributed by atoms with Gasteiger partial charge in [-0.2, -0.15) is 0 Å². The van der Waals surface area contributed by atoms with Gasteiger partial charge >= 0.3 is 0 Å². The fourth-order valence-corrected chi connectivity index (χ4v) is 5.85. The molecule has 1 saturated carbocycles. The number of nitrogens with one attached hydrogen (secondary N) is 3. The Kier molecular flexibility index (Phi) is 13.9. The van der Waals surface area contributed by atoms with Crippen molar-refractivity contribution in [2.75, 3.05) is 39.9 Å². The molecule has 0 bridgehead atoms. The summed E-state index contributed by atoms with van der Waals surface area (Å²) < 4.78 is 23.9. The van der Waals surface area contributed by atoms with Crippen molar-refractivity contribution in [3.63, 3.8) is 0 Å². The van der Waals surface area contributed by atoms with Crippen molar-refractivity contribution >= 4 is 5.91 Å². The van der Waals surface area contributed by atoms with Gasteiger partial charge in [-0.25, -0.2) is 0 Å². The number of hydrogen-bond donors (Lipinski definition) is 12. The highest BCUT2D eigenvalue weighted by Crippen LogP contribution is 2.32. The summed E-state index contributed by atoms with van der Waals surface area (Å²) in [4.78, 5) is 12.8. The molecule has 2 aliphatic heterocycles. The topological polar surface area (TPSA) is 290 Å². The lowest BCUT2D eigenvalue weighted by atomic mass is 9.83. The van der Waals surface area contributed by atoms with E-state index < -0.39 is 84.9 Å². The van der Waals surface area contributed by atoms with Gasteiger partial charge in [0.25, 0.3) is 0 Å². The Balaban J connectivity index is 1.79. The van der Waals surface area contributed by atoms with E-state index in [1.807, 2.05) is 0 Å². The van der Waals surface area contributed by atoms with E-state index in [-0.39, 0.29) is 38.7 Å². The van der Waals surface area contributed by atoms with E-state index in [0.29, 0.717) is 25.9 Å². The molecule has 15 N–H and O–H groups in total. The number of aliphatic hydroxyl groups is 6. The van der Waals surface area contributed by atoms with Crippen molar-refractivity contribution < 1.29 is 54.4 Å². The van der Waals surface area contributed by atoms with Crippen LogP contribution >= 0.6 is 0 Å². The van der Waals surface area contributed by atoms with E-state index in [2.05, 4.69) is 16.0 Å². The average Bonchev–Trinajstić information content (AvgIpc) is 2.95. The van der Waals surface area contributed by atoms with Crippen molar-refractivity contribution in [3.8, 4) is 0 Å². The molecule has 2 heterocycles. The first-order valence-corrected chi connectivity index (χ1v) is 14.9. The Morgan fingerprint density at radius 2 is 1.79 bits per heavy atom. The molecule has 1 amide bonds. The van der Waals surface area contributed by atoms with Crippen molar-refractivity contribution in [1.29, 1.82) is 0 Å². The molecule has 17 heteroatoms. The number of carbonyl (C=O) groups excluding carboxylic acids is 1. The number of likely N-dealkylation sites (N-methyl/N-ethyl adjacent to an activating group) is 1. The van der Waals surface area contributed by atoms with E-state index >= 15 is 0 Å². The number of aliphatic hydroxyl groups excluding tert-OH is 5. The third kappa shape index (κ3) is 9.44. The zero-order chi connectivity index (χ0) is 31.9. The zero-order valence-electron chi connectivity index (χ0n) is 24.8. The van der Waals surface area contributed by atoms with Crippen LogP contribution in [0.2, 0.25) is 0 Å². The number of amides is 1. The third-order valence-electron chi connectivity index (χ3n) is 8.30. The van der Waals surface area contributed by atoms with Crippen molar-refractivity contribution in [2.24, 2.45) is 17.2 Å². The quantitative estimate of drug-likeness (QED) is 0.0800. The smallest absolute Gasteiger partial charge is 0.249 e. The standard InChI is InChI=1S/C26H52N6O11/c1-26(39)11-40-25(19(37)22(26)30-2)43-21-16(32-23(38)17(35)7-12(34)9-27)8-15(29)20(18(21)36)42-24-14(28)4-3-13(41-24)10-31-5-6-33/h12-22,24-25,30-31,33-37,39H,3-11,27-29H2,1-2H3,(H,32,38)/t12-,13+,14?,15+,16-,17+,18?,19?,20?,21?,22-,24-,25-,26?/m1/s1. The Morgan fingerprint density at radius 3 is 2.44 bits per heavy atom. The summed E-state index contributed by atoms with van der Waals surface area (Å²) in [7, 11) is 1.56. The molecule has 17 nitrogen and oxygen atoms in total. The highest BCUT2D eigenvalue weighted by atomic mass is 16.7. The summed E-state index contributed by atoms with van der Waals surface area (Å²) in [5.41, 5.74) is 16.7. The predicted molar refractivity (Wildman–Crippen MR) is 151 cm³/mol. The van der Waals surface area contributed by atoms with Gasteiger partial charge in [-0.15, -0.1) is 0 Å². The lowest BCUT2D eigenvalue weighted by molar-refractivity contribution is -0.307. The van der Waals surface area contributed by atoms with Gasteiger partial charge < -0.3 is 82.7 Å². The van der Waals surface area contributed by atoms with Crippen LogP contribution in [0.25, 0.3) is 0 Å². The minimum Gasteiger partial charge on any atom is -0.395 e. The van der Waals surface area contributed by atoms with Gasteiger partial charge in [0.05, 0.1) is 43.5 Å². The van der Waals surface area contributed by atoms with Crippen LogP contribution in [-0.4, -0.2) is 162 Å². The van der Waals surface area contributed by atoms with E-state index in [4.69, 9.17) is 41.3 Å². The molecule has 3 rings (SSSR count). The second-order valence-electron chi connectivity index (χ2n) is 11.9. The first-order valence-electron chi connectivity index (χ1n) is 14.9. The van der Waals surface area contributed by atoms with Crippen LogP contribution in [0.3, 0.4) is 0 Å². The summed E-state index contributed by atoms with van der Waals surface area (Å²) in [5.74, 6) is -0.845. The Morgan fingerprint density at radius 1 is 1.09 bits per heavy atom. The monoisotopic (exact) mass is 624 g/mol. The van der Waals surface area contributed by atoms with Gasteiger partial charge in [0.15, 0.2) is 12.6 Å². The molecule has 0 spiro atoms. The molecular formula is C26H52N6O11. The van der Waals surface area contributed by atoms with Crippen LogP contribution in [0, 0.1) is 0 Å². The van der Waals surface area contributed by atoms with E-state index in [1.54, 1.807) is 7.05 Å². The molecule has 2 saturated heterocycles. The third-order valence-corrected chi connectivity index (χ3v) is 8.30. The van der Waals surface area contributed by atoms with Gasteiger partial charge in [-0.1, -0.05) is 0 Å². The highest BCUT2D eigenvalue weighted by molar-refractivity contribution is 5.80. The summed E-state index contributed by atoms with van der Waals surface area (Å²) in [6, 6.07) is -3.20. The Labute approximate surface area is 251 Å². The number of carbonyl (C=O) groups is 1. The molecule has 1 aliphatic carbocycles. The molecule has 0 aromatic heterocycles. The largest absolute Gasteiger partial charge is 0.395 e. The maximum Gasteiger partial charge on any atom is 0.249 e. The maximum absolute atomic E-state index is 12.8. The maximum atomic E-state index is 12.8. The molecule has 3 aliphatic rings. The molecule has 43 heavy (non-hydrogen) atoms. The van der Waals surface area contributed by atoms with Gasteiger partial charge in [0.2, 0.25) is 5.91 Å². The molecule has 6 unspecified atom stereocenters. The molecule has 0 aromatic rings. The highest BCUT2D eigenvalue weighted by Gasteiger charge is 2.52. The predicted octanol–water partition coefficient (Wildman–Crippen LogP) is -6.13. The molecule has 252 valence electrons. The van der Waals surface area contributed by atoms with Crippen LogP contribution in [0.1, 0.15) is 32.6 Å². The van der Waals surface area contributed by atoms with Crippen LogP contribution in [0.15, 0.2) is 0 Å². The van der Waals surface area contributed by atoms with Crippen molar-refractivity contribution in [2.45, 2.75) is 118 Å². The first kappa shape index (κ1) is 36.3. The van der Waals surface area contributed by atoms with E-state index in [0.717, 1.165) is 0 Å². The zero-order valence-corrected chi connectivity index (χ0v) is 24.8. The Bertz CT molecular complexity index is 862. The molecule has 0 aromatic carbocycles. The average molecular weight is 625 g/mol. The molecule has 3 fully saturated rings. The summed E-state index contributed by atoms with van der Waals surface area (Å²) in [5, 5.41) is 70.8. The second-order valence-corrected chi connectivity index (χ2v) is 11.9. The van der Waals surface area contributed by atoms with Crippen molar-refractivity contribution in [1.82, 2.24) is 16.0 Å². The second kappa shape index (κ2) is 16.4. The fourth-order valence-electron chi connectivity index (χ4n) is 5.85. The SMILES string of the molecule is CN[C@@H]1C(O)[C@@H](OC2C(O)C(O[C@H]3O[C@H](CNCCO)CCC3N)[C@@H](N)C[C@H]2NC(=O)[C@@H](O)C[C@@H](O)CN)OCC1(C)O. The fraction of sp³-hybridized carbons (Fsp3) is 0.962. The summed E-state index contributed by atoms with van der Waals surface area (Å²) in [6.45, 7) is 1.97. The van der Waals surface area contributed by atoms with Crippen LogP contribution < -0.4 is 33.2 Å². The lowest BCUT2D eigenvalue weighted by Gasteiger charge is -2.49. The van der Waals surface area contributed by atoms with Gasteiger partial charge in [-0.3, -0.25) is 4.79 Å². The van der Waals surface area contributed by atoms with Crippen molar-refractivity contribution in [3.05, 3.63) is 0 Å². The van der Waals surface area contributed by atoms with Crippen LogP contribution in [0.4, 0.5) is 0 Å². The van der Waals surface area contributed by atoms with E-state index in [1.165, 1.54) is 6.92 Å². The molecular weight excluding hydrogens is 572 g/mol. The van der Waals surface area contributed by atoms with E-state index in [9.17, 15) is 30.3 Å². The normalized spacial score (nSPS) is 41.9. The number of hydrogen-bond acceptors (Lipinski definition) is 16. The van der Waals surface area contributed by atoms with Gasteiger partial charge in [0.1, 0.15) is 36.1 Å².